The van der Waals surface area contributed by atoms with Gasteiger partial charge in [0.2, 0.25) is 0 Å². The summed E-state index contributed by atoms with van der Waals surface area (Å²) in [5.41, 5.74) is 1.20. The van der Waals surface area contributed by atoms with Crippen LogP contribution in [0.1, 0.15) is 5.56 Å². The van der Waals surface area contributed by atoms with Gasteiger partial charge in [0.25, 0.3) is 0 Å². The molecule has 5 nitrogen and oxygen atoms in total. The summed E-state index contributed by atoms with van der Waals surface area (Å²) in [7, 11) is 6.02. The van der Waals surface area contributed by atoms with Gasteiger partial charge in [-0.05, 0) is 14.1 Å². The number of ether oxygens (including phenoxy) is 1. The van der Waals surface area contributed by atoms with E-state index in [2.05, 4.69) is 15.3 Å². The molecule has 0 aliphatic heterocycles. The van der Waals surface area contributed by atoms with Crippen LogP contribution in [0.4, 0.5) is 0 Å². The first kappa shape index (κ1) is 13.2. The Labute approximate surface area is 97.4 Å². The van der Waals surface area contributed by atoms with Crippen LogP contribution in [0.25, 0.3) is 0 Å². The van der Waals surface area contributed by atoms with Gasteiger partial charge in [-0.2, -0.15) is 5.10 Å². The molecule has 0 amide bonds. The van der Waals surface area contributed by atoms with Crippen LogP contribution in [0.5, 0.6) is 0 Å². The summed E-state index contributed by atoms with van der Waals surface area (Å²) in [6, 6.07) is 0. The number of nitrogens with one attached hydrogen (secondary N) is 1. The van der Waals surface area contributed by atoms with Crippen molar-refractivity contribution in [1.82, 2.24) is 20.0 Å². The van der Waals surface area contributed by atoms with E-state index in [-0.39, 0.29) is 0 Å². The highest BCUT2D eigenvalue weighted by atomic mass is 16.5. The van der Waals surface area contributed by atoms with E-state index in [0.29, 0.717) is 0 Å². The summed E-state index contributed by atoms with van der Waals surface area (Å²) in [6.07, 6.45) is 3.89. The maximum absolute atomic E-state index is 5.46. The smallest absolute Gasteiger partial charge is 0.0593 e. The summed E-state index contributed by atoms with van der Waals surface area (Å²) in [4.78, 5) is 2.11. The summed E-state index contributed by atoms with van der Waals surface area (Å²) in [6.45, 7) is 4.26. The molecule has 0 spiro atoms. The lowest BCUT2D eigenvalue weighted by molar-refractivity contribution is 0.119. The molecule has 1 rings (SSSR count). The van der Waals surface area contributed by atoms with Gasteiger partial charge >= 0.3 is 0 Å². The highest BCUT2D eigenvalue weighted by Crippen LogP contribution is 1.94. The van der Waals surface area contributed by atoms with Gasteiger partial charge in [0.05, 0.1) is 19.4 Å². The molecule has 1 aromatic rings. The molecule has 92 valence electrons. The van der Waals surface area contributed by atoms with Crippen molar-refractivity contribution < 1.29 is 4.74 Å². The molecule has 0 aliphatic rings. The average Bonchev–Trinajstić information content (AvgIpc) is 2.62. The van der Waals surface area contributed by atoms with E-state index in [9.17, 15) is 0 Å². The van der Waals surface area contributed by atoms with Crippen molar-refractivity contribution in [2.45, 2.75) is 6.54 Å². The van der Waals surface area contributed by atoms with Crippen LogP contribution in [0.15, 0.2) is 12.4 Å². The van der Waals surface area contributed by atoms with Crippen molar-refractivity contribution in [2.24, 2.45) is 7.05 Å². The van der Waals surface area contributed by atoms with Crippen LogP contribution in [0, 0.1) is 0 Å². The second-order valence-corrected chi connectivity index (χ2v) is 4.11. The maximum Gasteiger partial charge on any atom is 0.0593 e. The summed E-state index contributed by atoms with van der Waals surface area (Å²) >= 11 is 0. The zero-order chi connectivity index (χ0) is 11.8. The van der Waals surface area contributed by atoms with Gasteiger partial charge < -0.3 is 15.0 Å². The molecule has 16 heavy (non-hydrogen) atoms. The van der Waals surface area contributed by atoms with Crippen molar-refractivity contribution in [3.05, 3.63) is 18.0 Å². The molecule has 0 unspecified atom stereocenters. The molecule has 0 aliphatic carbocycles. The molecule has 0 bridgehead atoms. The highest BCUT2D eigenvalue weighted by Gasteiger charge is 1.95. The Hall–Kier alpha value is -0.910. The second kappa shape index (κ2) is 7.38. The van der Waals surface area contributed by atoms with E-state index >= 15 is 0 Å². The van der Waals surface area contributed by atoms with E-state index in [1.807, 2.05) is 38.2 Å². The third kappa shape index (κ3) is 5.85. The zero-order valence-electron chi connectivity index (χ0n) is 10.4. The van der Waals surface area contributed by atoms with E-state index in [1.165, 1.54) is 5.56 Å². The topological polar surface area (TPSA) is 42.3 Å². The molecule has 0 aromatic carbocycles. The number of aryl methyl sites for hydroxylation is 1. The molecule has 1 heterocycles. The van der Waals surface area contributed by atoms with Crippen LogP contribution < -0.4 is 5.32 Å². The molecule has 1 aromatic heterocycles. The zero-order valence-corrected chi connectivity index (χ0v) is 10.4. The van der Waals surface area contributed by atoms with Crippen LogP contribution in [-0.4, -0.2) is 55.1 Å². The largest absolute Gasteiger partial charge is 0.379 e. The first-order valence-electron chi connectivity index (χ1n) is 5.59. The first-order chi connectivity index (χ1) is 7.68. The Morgan fingerprint density at radius 2 is 2.25 bits per heavy atom. The van der Waals surface area contributed by atoms with E-state index in [0.717, 1.165) is 32.8 Å². The van der Waals surface area contributed by atoms with Crippen molar-refractivity contribution >= 4 is 0 Å². The first-order valence-corrected chi connectivity index (χ1v) is 5.59. The number of rotatable bonds is 8. The lowest BCUT2D eigenvalue weighted by Crippen LogP contribution is -2.22. The average molecular weight is 226 g/mol. The lowest BCUT2D eigenvalue weighted by atomic mass is 10.3. The number of aromatic nitrogens is 2. The van der Waals surface area contributed by atoms with E-state index in [4.69, 9.17) is 4.74 Å². The molecule has 1 N–H and O–H groups in total. The molecular weight excluding hydrogens is 204 g/mol. The van der Waals surface area contributed by atoms with Crippen molar-refractivity contribution in [3.63, 3.8) is 0 Å². The summed E-state index contributed by atoms with van der Waals surface area (Å²) in [5, 5.41) is 7.42. The summed E-state index contributed by atoms with van der Waals surface area (Å²) < 4.78 is 7.27. The fourth-order valence-corrected chi connectivity index (χ4v) is 1.29. The van der Waals surface area contributed by atoms with Crippen molar-refractivity contribution in [1.29, 1.82) is 0 Å². The number of nitrogens with zero attached hydrogens (tertiary/aromatic N) is 3. The monoisotopic (exact) mass is 226 g/mol. The van der Waals surface area contributed by atoms with Crippen molar-refractivity contribution in [2.75, 3.05) is 40.4 Å². The Kier molecular flexibility index (Phi) is 6.07. The Balaban J connectivity index is 1.92. The van der Waals surface area contributed by atoms with Gasteiger partial charge in [0, 0.05) is 38.4 Å². The SMILES string of the molecule is CN(C)CCOCCNCc1cnn(C)c1. The molecular formula is C11H22N4O. The van der Waals surface area contributed by atoms with Crippen LogP contribution in [0.2, 0.25) is 0 Å². The van der Waals surface area contributed by atoms with Gasteiger partial charge in [-0.3, -0.25) is 4.68 Å². The van der Waals surface area contributed by atoms with Crippen LogP contribution in [0.3, 0.4) is 0 Å². The van der Waals surface area contributed by atoms with Gasteiger partial charge in [0.15, 0.2) is 0 Å². The molecule has 5 heteroatoms. The normalized spacial score (nSPS) is 11.2. The molecule has 0 saturated carbocycles. The second-order valence-electron chi connectivity index (χ2n) is 4.11. The summed E-state index contributed by atoms with van der Waals surface area (Å²) in [5.74, 6) is 0. The predicted octanol–water partition coefficient (Wildman–Crippen LogP) is 0.0879. The minimum Gasteiger partial charge on any atom is -0.379 e. The minimum atomic E-state index is 0.758. The third-order valence-corrected chi connectivity index (χ3v) is 2.19. The van der Waals surface area contributed by atoms with Crippen LogP contribution >= 0.6 is 0 Å². The third-order valence-electron chi connectivity index (χ3n) is 2.19. The maximum atomic E-state index is 5.46. The minimum absolute atomic E-state index is 0.758. The fraction of sp³-hybridized carbons (Fsp3) is 0.727. The Morgan fingerprint density at radius 1 is 1.44 bits per heavy atom. The number of likely N-dealkylation sites (N-methyl/N-ethyl adjacent to an activating group) is 1. The molecule has 0 fully saturated rings. The van der Waals surface area contributed by atoms with Gasteiger partial charge in [-0.25, -0.2) is 0 Å². The standard InChI is InChI=1S/C11H22N4O/c1-14(2)5-7-16-6-4-12-8-11-9-13-15(3)10-11/h9-10,12H,4-8H2,1-3H3. The molecule has 0 saturated heterocycles. The highest BCUT2D eigenvalue weighted by molar-refractivity contribution is 5.02. The van der Waals surface area contributed by atoms with Gasteiger partial charge in [-0.1, -0.05) is 0 Å². The fourth-order valence-electron chi connectivity index (χ4n) is 1.29. The van der Waals surface area contributed by atoms with E-state index < -0.39 is 0 Å². The Morgan fingerprint density at radius 3 is 2.88 bits per heavy atom. The Bertz CT molecular complexity index is 285. The van der Waals surface area contributed by atoms with Crippen molar-refractivity contribution in [3.8, 4) is 0 Å². The predicted molar refractivity (Wildman–Crippen MR) is 64.3 cm³/mol. The van der Waals surface area contributed by atoms with E-state index in [1.54, 1.807) is 0 Å². The number of hydrogen-bond acceptors (Lipinski definition) is 4. The molecule has 0 atom stereocenters. The van der Waals surface area contributed by atoms with Crippen LogP contribution in [-0.2, 0) is 18.3 Å². The number of hydrogen-bond donors (Lipinski definition) is 1. The van der Waals surface area contributed by atoms with Gasteiger partial charge in [-0.15, -0.1) is 0 Å². The molecule has 0 radical (unpaired) electrons. The van der Waals surface area contributed by atoms with Gasteiger partial charge in [0.1, 0.15) is 0 Å². The lowest BCUT2D eigenvalue weighted by Gasteiger charge is -2.09. The quantitative estimate of drug-likeness (QED) is 0.638.